The third-order valence-corrected chi connectivity index (χ3v) is 3.12. The summed E-state index contributed by atoms with van der Waals surface area (Å²) in [6.45, 7) is 2.24. The lowest BCUT2D eigenvalue weighted by atomic mass is 9.98. The van der Waals surface area contributed by atoms with Crippen molar-refractivity contribution in [2.45, 2.75) is 12.8 Å². The predicted octanol–water partition coefficient (Wildman–Crippen LogP) is 0.506. The quantitative estimate of drug-likeness (QED) is 0.810. The van der Waals surface area contributed by atoms with Gasteiger partial charge in [0.05, 0.1) is 18.9 Å². The summed E-state index contributed by atoms with van der Waals surface area (Å²) in [6.07, 6.45) is 4.37. The molecule has 2 rings (SSSR count). The van der Waals surface area contributed by atoms with E-state index in [1.807, 2.05) is 4.90 Å². The van der Waals surface area contributed by atoms with Gasteiger partial charge in [0.1, 0.15) is 0 Å². The van der Waals surface area contributed by atoms with Crippen LogP contribution in [-0.4, -0.2) is 47.2 Å². The Morgan fingerprint density at radius 1 is 1.53 bits per heavy atom. The zero-order valence-corrected chi connectivity index (χ0v) is 10.5. The highest BCUT2D eigenvalue weighted by Crippen LogP contribution is 2.19. The molecule has 0 bridgehead atoms. The number of aliphatic carboxylic acids is 1. The number of hydrogen-bond donors (Lipinski definition) is 2. The van der Waals surface area contributed by atoms with Gasteiger partial charge in [0, 0.05) is 19.6 Å². The molecule has 1 aromatic rings. The summed E-state index contributed by atoms with van der Waals surface area (Å²) in [5.74, 6) is -0.402. The van der Waals surface area contributed by atoms with Crippen molar-refractivity contribution in [2.24, 2.45) is 5.92 Å². The van der Waals surface area contributed by atoms with Crippen molar-refractivity contribution in [1.82, 2.24) is 15.3 Å². The van der Waals surface area contributed by atoms with Crippen LogP contribution in [0.25, 0.3) is 0 Å². The van der Waals surface area contributed by atoms with E-state index in [-0.39, 0.29) is 6.54 Å². The molecule has 2 N–H and O–H groups in total. The largest absolute Gasteiger partial charge is 0.480 e. The number of halogens is 1. The lowest BCUT2D eigenvalue weighted by molar-refractivity contribution is -0.136. The second-order valence-electron chi connectivity index (χ2n) is 4.68. The Hall–Kier alpha value is -1.76. The van der Waals surface area contributed by atoms with Crippen molar-refractivity contribution >= 4 is 11.9 Å². The summed E-state index contributed by atoms with van der Waals surface area (Å²) in [6, 6.07) is 0. The smallest absolute Gasteiger partial charge is 0.317 e. The molecular weight excluding hydrogens is 251 g/mol. The first kappa shape index (κ1) is 13.7. The number of nitrogens with zero attached hydrogens (tertiary/aromatic N) is 3. The van der Waals surface area contributed by atoms with E-state index in [1.165, 1.54) is 0 Å². The zero-order valence-electron chi connectivity index (χ0n) is 10.5. The molecule has 7 heteroatoms. The van der Waals surface area contributed by atoms with Crippen LogP contribution in [0.1, 0.15) is 12.8 Å². The summed E-state index contributed by atoms with van der Waals surface area (Å²) < 4.78 is 12.8. The molecule has 0 radical (unpaired) electrons. The molecule has 1 aliphatic rings. The van der Waals surface area contributed by atoms with Crippen molar-refractivity contribution in [1.29, 1.82) is 0 Å². The number of carbonyl (C=O) groups is 1. The Kier molecular flexibility index (Phi) is 4.62. The van der Waals surface area contributed by atoms with Gasteiger partial charge in [0.25, 0.3) is 0 Å². The summed E-state index contributed by atoms with van der Waals surface area (Å²) >= 11 is 0. The van der Waals surface area contributed by atoms with E-state index >= 15 is 0 Å². The Bertz CT molecular complexity index is 426. The molecule has 104 valence electrons. The fraction of sp³-hybridized carbons (Fsp3) is 0.583. The maximum Gasteiger partial charge on any atom is 0.317 e. The molecular formula is C12H17FN4O2. The van der Waals surface area contributed by atoms with Gasteiger partial charge < -0.3 is 15.3 Å². The first-order chi connectivity index (χ1) is 9.15. The molecule has 0 aromatic carbocycles. The van der Waals surface area contributed by atoms with Gasteiger partial charge in [-0.05, 0) is 18.8 Å². The molecule has 2 heterocycles. The van der Waals surface area contributed by atoms with Crippen LogP contribution < -0.4 is 10.2 Å². The lowest BCUT2D eigenvalue weighted by Crippen LogP contribution is -2.41. The van der Waals surface area contributed by atoms with E-state index in [0.29, 0.717) is 18.4 Å². The first-order valence-corrected chi connectivity index (χ1v) is 6.30. The Morgan fingerprint density at radius 3 is 2.95 bits per heavy atom. The predicted molar refractivity (Wildman–Crippen MR) is 67.4 cm³/mol. The minimum atomic E-state index is -0.852. The van der Waals surface area contributed by atoms with Crippen LogP contribution in [0.15, 0.2) is 12.4 Å². The van der Waals surface area contributed by atoms with Crippen molar-refractivity contribution in [3.63, 3.8) is 0 Å². The van der Waals surface area contributed by atoms with E-state index < -0.39 is 11.8 Å². The van der Waals surface area contributed by atoms with Crippen LogP contribution in [0.5, 0.6) is 0 Å². The van der Waals surface area contributed by atoms with Crippen LogP contribution in [0.3, 0.4) is 0 Å². The maximum atomic E-state index is 12.8. The van der Waals surface area contributed by atoms with Gasteiger partial charge in [0.15, 0.2) is 5.82 Å². The third kappa shape index (κ3) is 4.13. The molecule has 0 aliphatic carbocycles. The van der Waals surface area contributed by atoms with Crippen LogP contribution in [0, 0.1) is 11.7 Å². The van der Waals surface area contributed by atoms with E-state index in [9.17, 15) is 9.18 Å². The molecule has 6 nitrogen and oxygen atoms in total. The number of aromatic nitrogens is 2. The molecule has 1 fully saturated rings. The van der Waals surface area contributed by atoms with Crippen molar-refractivity contribution < 1.29 is 14.3 Å². The SMILES string of the molecule is O=C(O)CNCC1CCCN(c2ncc(F)cn2)C1. The van der Waals surface area contributed by atoms with Crippen LogP contribution in [-0.2, 0) is 4.79 Å². The minimum absolute atomic E-state index is 0.0243. The van der Waals surface area contributed by atoms with Gasteiger partial charge in [-0.2, -0.15) is 0 Å². The molecule has 1 atom stereocenters. The fourth-order valence-electron chi connectivity index (χ4n) is 2.27. The molecule has 1 saturated heterocycles. The normalized spacial score (nSPS) is 19.4. The van der Waals surface area contributed by atoms with Crippen LogP contribution in [0.4, 0.5) is 10.3 Å². The fourth-order valence-corrected chi connectivity index (χ4v) is 2.27. The number of piperidine rings is 1. The summed E-state index contributed by atoms with van der Waals surface area (Å²) in [5, 5.41) is 11.5. The average Bonchev–Trinajstić information content (AvgIpc) is 2.39. The van der Waals surface area contributed by atoms with Gasteiger partial charge in [-0.1, -0.05) is 0 Å². The van der Waals surface area contributed by atoms with Gasteiger partial charge >= 0.3 is 5.97 Å². The topological polar surface area (TPSA) is 78.4 Å². The molecule has 0 spiro atoms. The van der Waals surface area contributed by atoms with Gasteiger partial charge in [-0.15, -0.1) is 0 Å². The second-order valence-corrected chi connectivity index (χ2v) is 4.68. The number of hydrogen-bond acceptors (Lipinski definition) is 5. The highest BCUT2D eigenvalue weighted by molar-refractivity contribution is 5.68. The molecule has 1 unspecified atom stereocenters. The summed E-state index contributed by atoms with van der Waals surface area (Å²) in [7, 11) is 0. The molecule has 19 heavy (non-hydrogen) atoms. The zero-order chi connectivity index (χ0) is 13.7. The number of nitrogens with one attached hydrogen (secondary N) is 1. The van der Waals surface area contributed by atoms with Crippen molar-refractivity contribution in [2.75, 3.05) is 31.1 Å². The average molecular weight is 268 g/mol. The highest BCUT2D eigenvalue weighted by atomic mass is 19.1. The van der Waals surface area contributed by atoms with Crippen molar-refractivity contribution in [3.05, 3.63) is 18.2 Å². The standard InChI is InChI=1S/C12H17FN4O2/c13-10-5-15-12(16-6-10)17-3-1-2-9(8-17)4-14-7-11(18)19/h5-6,9,14H,1-4,7-8H2,(H,18,19). The number of carboxylic acid groups (broad SMARTS) is 1. The molecule has 1 aliphatic heterocycles. The van der Waals surface area contributed by atoms with Gasteiger partial charge in [-0.25, -0.2) is 14.4 Å². The van der Waals surface area contributed by atoms with Crippen LogP contribution >= 0.6 is 0 Å². The minimum Gasteiger partial charge on any atom is -0.480 e. The third-order valence-electron chi connectivity index (χ3n) is 3.12. The van der Waals surface area contributed by atoms with Crippen molar-refractivity contribution in [3.8, 4) is 0 Å². The molecule has 0 amide bonds. The first-order valence-electron chi connectivity index (χ1n) is 6.30. The van der Waals surface area contributed by atoms with E-state index in [1.54, 1.807) is 0 Å². The lowest BCUT2D eigenvalue weighted by Gasteiger charge is -2.32. The number of rotatable bonds is 5. The Labute approximate surface area is 110 Å². The van der Waals surface area contributed by atoms with E-state index in [4.69, 9.17) is 5.11 Å². The van der Waals surface area contributed by atoms with E-state index in [0.717, 1.165) is 38.3 Å². The highest BCUT2D eigenvalue weighted by Gasteiger charge is 2.21. The van der Waals surface area contributed by atoms with Crippen LogP contribution in [0.2, 0.25) is 0 Å². The Balaban J connectivity index is 1.86. The second kappa shape index (κ2) is 6.42. The molecule has 0 saturated carbocycles. The monoisotopic (exact) mass is 268 g/mol. The van der Waals surface area contributed by atoms with Gasteiger partial charge in [-0.3, -0.25) is 4.79 Å². The van der Waals surface area contributed by atoms with E-state index in [2.05, 4.69) is 15.3 Å². The number of carboxylic acids is 1. The summed E-state index contributed by atoms with van der Waals surface area (Å²) in [5.41, 5.74) is 0. The molecule has 1 aromatic heterocycles. The maximum absolute atomic E-state index is 12.8. The summed E-state index contributed by atoms with van der Waals surface area (Å²) in [4.78, 5) is 20.4. The number of anilines is 1. The Morgan fingerprint density at radius 2 is 2.26 bits per heavy atom. The van der Waals surface area contributed by atoms with Gasteiger partial charge in [0.2, 0.25) is 5.95 Å².